The maximum atomic E-state index is 12.7. The number of hydrogen-bond donors (Lipinski definition) is 1. The molecule has 2 aromatic carbocycles. The molecule has 1 amide bonds. The van der Waals surface area contributed by atoms with Gasteiger partial charge in [0.05, 0.1) is 30.0 Å². The molecule has 1 fully saturated rings. The van der Waals surface area contributed by atoms with Crippen molar-refractivity contribution in [3.8, 4) is 33.6 Å². The van der Waals surface area contributed by atoms with Gasteiger partial charge in [0, 0.05) is 33.0 Å². The van der Waals surface area contributed by atoms with E-state index in [1.54, 1.807) is 4.90 Å². The summed E-state index contributed by atoms with van der Waals surface area (Å²) in [5, 5.41) is 0. The van der Waals surface area contributed by atoms with Crippen LogP contribution in [0.5, 0.6) is 0 Å². The zero-order chi connectivity index (χ0) is 29.9. The van der Waals surface area contributed by atoms with Crippen LogP contribution in [0.1, 0.15) is 45.5 Å². The first kappa shape index (κ1) is 29.8. The van der Waals surface area contributed by atoms with E-state index >= 15 is 0 Å². The fourth-order valence-electron chi connectivity index (χ4n) is 5.05. The molecular weight excluding hydrogens is 542 g/mol. The summed E-state index contributed by atoms with van der Waals surface area (Å²) in [6.07, 6.45) is 7.24. The highest BCUT2D eigenvalue weighted by Gasteiger charge is 2.34. The van der Waals surface area contributed by atoms with Crippen molar-refractivity contribution in [1.82, 2.24) is 24.4 Å². The van der Waals surface area contributed by atoms with Crippen molar-refractivity contribution in [3.63, 3.8) is 0 Å². The average Bonchev–Trinajstić information content (AvgIpc) is 3.71. The Morgan fingerprint density at radius 1 is 0.976 bits per heavy atom. The molecule has 0 spiro atoms. The minimum atomic E-state index is -1.08. The van der Waals surface area contributed by atoms with E-state index in [-0.39, 0.29) is 12.1 Å². The number of H-pyrrole nitrogens is 1. The van der Waals surface area contributed by atoms with Gasteiger partial charge in [-0.15, -0.1) is 0 Å². The van der Waals surface area contributed by atoms with Gasteiger partial charge in [0.25, 0.3) is 0 Å². The number of carbonyl (C=O) groups excluding carboxylic acids is 1. The van der Waals surface area contributed by atoms with Crippen LogP contribution < -0.4 is 0 Å². The summed E-state index contributed by atoms with van der Waals surface area (Å²) in [5.74, 6) is 0.800. The van der Waals surface area contributed by atoms with Crippen molar-refractivity contribution in [1.29, 1.82) is 0 Å². The molecule has 9 heteroatoms. The minimum Gasteiger partial charge on any atom is -0.444 e. The summed E-state index contributed by atoms with van der Waals surface area (Å²) in [4.78, 5) is 27.2. The lowest BCUT2D eigenvalue weighted by atomic mass is 10.0. The largest absolute Gasteiger partial charge is 0.444 e. The van der Waals surface area contributed by atoms with Crippen molar-refractivity contribution < 1.29 is 14.3 Å². The van der Waals surface area contributed by atoms with E-state index in [4.69, 9.17) is 9.47 Å². The third kappa shape index (κ3) is 7.57. The van der Waals surface area contributed by atoms with E-state index in [0.717, 1.165) is 65.0 Å². The maximum Gasteiger partial charge on any atom is 0.410 e. The van der Waals surface area contributed by atoms with Gasteiger partial charge >= 0.3 is 6.09 Å². The van der Waals surface area contributed by atoms with Gasteiger partial charge in [0.1, 0.15) is 18.2 Å². The van der Waals surface area contributed by atoms with E-state index in [0.29, 0.717) is 13.3 Å². The van der Waals surface area contributed by atoms with E-state index < -0.39 is 13.7 Å². The number of nitrogens with zero attached hydrogens (tertiary/aromatic N) is 4. The fourth-order valence-corrected chi connectivity index (χ4v) is 5.80. The van der Waals surface area contributed by atoms with Crippen LogP contribution >= 0.6 is 0 Å². The van der Waals surface area contributed by atoms with Crippen LogP contribution in [0.3, 0.4) is 0 Å². The number of aromatic amines is 1. The van der Waals surface area contributed by atoms with Crippen LogP contribution in [0, 0.1) is 0 Å². The first-order valence-electron chi connectivity index (χ1n) is 14.8. The number of imidazole rings is 2. The van der Waals surface area contributed by atoms with Gasteiger partial charge < -0.3 is 19.0 Å². The molecule has 1 atom stereocenters. The van der Waals surface area contributed by atoms with Gasteiger partial charge in [-0.05, 0) is 56.3 Å². The zero-order valence-electron chi connectivity index (χ0n) is 25.7. The average molecular weight is 586 g/mol. The van der Waals surface area contributed by atoms with Crippen molar-refractivity contribution in [2.45, 2.75) is 77.7 Å². The Morgan fingerprint density at radius 2 is 1.62 bits per heavy atom. The molecule has 4 aromatic rings. The number of hydrogen-bond acceptors (Lipinski definition) is 5. The molecule has 222 valence electrons. The third-order valence-electron chi connectivity index (χ3n) is 7.37. The number of likely N-dealkylation sites (tertiary alicyclic amines) is 1. The van der Waals surface area contributed by atoms with Crippen LogP contribution in [0.2, 0.25) is 25.7 Å². The van der Waals surface area contributed by atoms with Crippen LogP contribution in [0.15, 0.2) is 67.3 Å². The molecule has 8 nitrogen and oxygen atoms in total. The highest BCUT2D eigenvalue weighted by molar-refractivity contribution is 6.76. The van der Waals surface area contributed by atoms with Gasteiger partial charge in [-0.25, -0.2) is 14.8 Å². The predicted molar refractivity (Wildman–Crippen MR) is 170 cm³/mol. The summed E-state index contributed by atoms with van der Waals surface area (Å²) in [6.45, 7) is 14.8. The summed E-state index contributed by atoms with van der Waals surface area (Å²) < 4.78 is 13.5. The van der Waals surface area contributed by atoms with Gasteiger partial charge in [-0.1, -0.05) is 68.2 Å². The molecule has 0 aliphatic carbocycles. The first-order chi connectivity index (χ1) is 19.9. The van der Waals surface area contributed by atoms with Gasteiger partial charge in [-0.2, -0.15) is 0 Å². The molecule has 1 aliphatic rings. The summed E-state index contributed by atoms with van der Waals surface area (Å²) in [7, 11) is -1.08. The second kappa shape index (κ2) is 12.3. The number of ether oxygens (including phenoxy) is 2. The number of amides is 1. The van der Waals surface area contributed by atoms with Crippen LogP contribution in [0.25, 0.3) is 33.6 Å². The lowest BCUT2D eigenvalue weighted by molar-refractivity contribution is 0.0218. The molecule has 0 radical (unpaired) electrons. The minimum absolute atomic E-state index is 0.0970. The molecule has 0 saturated carbocycles. The number of rotatable bonds is 9. The van der Waals surface area contributed by atoms with Gasteiger partial charge in [0.2, 0.25) is 0 Å². The van der Waals surface area contributed by atoms with Crippen LogP contribution in [-0.4, -0.2) is 57.3 Å². The van der Waals surface area contributed by atoms with E-state index in [1.165, 1.54) is 0 Å². The molecular formula is C33H43N5O3Si. The molecule has 42 heavy (non-hydrogen) atoms. The number of aromatic nitrogens is 4. The first-order valence-corrected chi connectivity index (χ1v) is 18.5. The normalized spacial score (nSPS) is 15.8. The van der Waals surface area contributed by atoms with Crippen molar-refractivity contribution >= 4 is 14.2 Å². The molecule has 5 rings (SSSR count). The molecule has 1 saturated heterocycles. The second-order valence-corrected chi connectivity index (χ2v) is 18.9. The molecule has 0 unspecified atom stereocenters. The Morgan fingerprint density at radius 3 is 2.26 bits per heavy atom. The summed E-state index contributed by atoms with van der Waals surface area (Å²) in [5.41, 5.74) is 5.76. The Labute approximate surface area is 250 Å². The lowest BCUT2D eigenvalue weighted by Crippen LogP contribution is -2.36. The fraction of sp³-hybridized carbons (Fsp3) is 0.424. The summed E-state index contributed by atoms with van der Waals surface area (Å²) in [6, 6.07) is 18.0. The van der Waals surface area contributed by atoms with Gasteiger partial charge in [-0.3, -0.25) is 4.90 Å². The van der Waals surface area contributed by atoms with Crippen molar-refractivity contribution in [2.75, 3.05) is 13.2 Å². The SMILES string of the molecule is CC(C)(C)OC(=O)N1CCC[C@H]1c1ncc(-c2ccc(-c3ccc(-c4cn(COCC[Si](C)(C)C)cn4)cc3)cc2)[nH]1. The van der Waals surface area contributed by atoms with Crippen LogP contribution in [-0.2, 0) is 16.2 Å². The zero-order valence-corrected chi connectivity index (χ0v) is 26.7. The predicted octanol–water partition coefficient (Wildman–Crippen LogP) is 7.99. The third-order valence-corrected chi connectivity index (χ3v) is 9.08. The van der Waals surface area contributed by atoms with Crippen LogP contribution in [0.4, 0.5) is 4.79 Å². The molecule has 3 heterocycles. The molecule has 0 bridgehead atoms. The quantitative estimate of drug-likeness (QED) is 0.159. The topological polar surface area (TPSA) is 85.3 Å². The maximum absolute atomic E-state index is 12.7. The van der Waals surface area contributed by atoms with E-state index in [9.17, 15) is 4.79 Å². The molecule has 2 aromatic heterocycles. The molecule has 1 aliphatic heterocycles. The highest BCUT2D eigenvalue weighted by atomic mass is 28.3. The summed E-state index contributed by atoms with van der Waals surface area (Å²) >= 11 is 0. The number of carbonyl (C=O) groups is 1. The monoisotopic (exact) mass is 585 g/mol. The number of nitrogens with one attached hydrogen (secondary N) is 1. The Balaban J connectivity index is 1.20. The molecule has 1 N–H and O–H groups in total. The second-order valence-electron chi connectivity index (χ2n) is 13.3. The number of benzene rings is 2. The van der Waals surface area contributed by atoms with Crippen molar-refractivity contribution in [2.24, 2.45) is 0 Å². The van der Waals surface area contributed by atoms with Crippen molar-refractivity contribution in [3.05, 3.63) is 73.1 Å². The van der Waals surface area contributed by atoms with Gasteiger partial charge in [0.15, 0.2) is 0 Å². The Bertz CT molecular complexity index is 1480. The standard InChI is InChI=1S/C33H43N5O3Si/c1-33(2,3)41-32(39)38-17-7-8-30(38)31-34-20-28(36-31)26-13-9-24(10-14-26)25-11-15-27(16-12-25)29-21-37(22-35-29)23-40-18-19-42(4,5)6/h9-16,20-22,30H,7-8,17-19,23H2,1-6H3,(H,34,36)/t30-/m0/s1. The Hall–Kier alpha value is -3.69. The van der Waals surface area contributed by atoms with E-state index in [2.05, 4.69) is 83.1 Å². The van der Waals surface area contributed by atoms with E-state index in [1.807, 2.05) is 44.1 Å². The Kier molecular flexibility index (Phi) is 8.70. The lowest BCUT2D eigenvalue weighted by Gasteiger charge is -2.27. The highest BCUT2D eigenvalue weighted by Crippen LogP contribution is 2.33. The smallest absolute Gasteiger partial charge is 0.410 e.